The second kappa shape index (κ2) is 7.99. The van der Waals surface area contributed by atoms with Crippen molar-refractivity contribution in [1.82, 2.24) is 5.32 Å². The lowest BCUT2D eigenvalue weighted by atomic mass is 9.98. The van der Waals surface area contributed by atoms with Crippen molar-refractivity contribution in [3.05, 3.63) is 100 Å². The zero-order valence-corrected chi connectivity index (χ0v) is 15.4. The number of amides is 1. The summed E-state index contributed by atoms with van der Waals surface area (Å²) in [5, 5.41) is 3.13. The van der Waals surface area contributed by atoms with Gasteiger partial charge in [-0.2, -0.15) is 0 Å². The third kappa shape index (κ3) is 4.28. The number of benzene rings is 3. The van der Waals surface area contributed by atoms with Gasteiger partial charge in [-0.25, -0.2) is 0 Å². The van der Waals surface area contributed by atoms with Crippen molar-refractivity contribution >= 4 is 21.8 Å². The number of hydrogen-bond acceptors (Lipinski definition) is 2. The van der Waals surface area contributed by atoms with Crippen LogP contribution in [0, 0.1) is 0 Å². The van der Waals surface area contributed by atoms with Crippen molar-refractivity contribution in [3.63, 3.8) is 0 Å². The molecule has 0 saturated carbocycles. The van der Waals surface area contributed by atoms with Gasteiger partial charge >= 0.3 is 0 Å². The van der Waals surface area contributed by atoms with Crippen LogP contribution in [0.3, 0.4) is 0 Å². The molecule has 0 fully saturated rings. The summed E-state index contributed by atoms with van der Waals surface area (Å²) in [5.74, 6) is 0.673. The maximum absolute atomic E-state index is 12.7. The quantitative estimate of drug-likeness (QED) is 0.661. The molecule has 1 N–H and O–H groups in total. The van der Waals surface area contributed by atoms with E-state index < -0.39 is 0 Å². The van der Waals surface area contributed by atoms with E-state index in [-0.39, 0.29) is 11.9 Å². The molecule has 4 heteroatoms. The molecule has 3 aromatic rings. The highest BCUT2D eigenvalue weighted by molar-refractivity contribution is 9.10. The second-order valence-corrected chi connectivity index (χ2v) is 6.51. The molecule has 3 nitrogen and oxygen atoms in total. The van der Waals surface area contributed by atoms with Crippen molar-refractivity contribution in [3.8, 4) is 5.75 Å². The fourth-order valence-electron chi connectivity index (χ4n) is 2.62. The number of ether oxygens (including phenoxy) is 1. The molecule has 0 saturated heterocycles. The topological polar surface area (TPSA) is 38.3 Å². The summed E-state index contributed by atoms with van der Waals surface area (Å²) in [6, 6.07) is 24.8. The predicted octanol–water partition coefficient (Wildman–Crippen LogP) is 4.98. The Morgan fingerprint density at radius 3 is 2.08 bits per heavy atom. The van der Waals surface area contributed by atoms with Crippen molar-refractivity contribution in [1.29, 1.82) is 0 Å². The van der Waals surface area contributed by atoms with Gasteiger partial charge in [-0.15, -0.1) is 0 Å². The molecule has 1 amide bonds. The minimum Gasteiger partial charge on any atom is -0.497 e. The molecule has 3 rings (SSSR count). The summed E-state index contributed by atoms with van der Waals surface area (Å²) >= 11 is 3.39. The van der Waals surface area contributed by atoms with Crippen LogP contribution in [0.5, 0.6) is 5.75 Å². The van der Waals surface area contributed by atoms with Crippen LogP contribution >= 0.6 is 15.9 Å². The predicted molar refractivity (Wildman–Crippen MR) is 103 cm³/mol. The Balaban J connectivity index is 1.90. The Kier molecular flexibility index (Phi) is 5.51. The maximum Gasteiger partial charge on any atom is 0.252 e. The number of methoxy groups -OCH3 is 1. The third-order valence-electron chi connectivity index (χ3n) is 3.96. The van der Waals surface area contributed by atoms with Gasteiger partial charge in [-0.05, 0) is 47.5 Å². The van der Waals surface area contributed by atoms with Crippen LogP contribution in [0.1, 0.15) is 27.5 Å². The van der Waals surface area contributed by atoms with E-state index in [1.807, 2.05) is 66.7 Å². The number of nitrogens with one attached hydrogen (secondary N) is 1. The van der Waals surface area contributed by atoms with E-state index in [1.165, 1.54) is 0 Å². The summed E-state index contributed by atoms with van der Waals surface area (Å²) < 4.78 is 6.17. The average Bonchev–Trinajstić information content (AvgIpc) is 2.67. The molecule has 126 valence electrons. The Hall–Kier alpha value is -2.59. The Morgan fingerprint density at radius 2 is 1.48 bits per heavy atom. The number of carbonyl (C=O) groups is 1. The highest BCUT2D eigenvalue weighted by Gasteiger charge is 2.17. The average molecular weight is 396 g/mol. The van der Waals surface area contributed by atoms with Crippen molar-refractivity contribution in [2.45, 2.75) is 6.04 Å². The molecular weight excluding hydrogens is 378 g/mol. The zero-order chi connectivity index (χ0) is 17.6. The van der Waals surface area contributed by atoms with E-state index >= 15 is 0 Å². The van der Waals surface area contributed by atoms with Crippen molar-refractivity contribution in [2.75, 3.05) is 7.11 Å². The molecular formula is C21H18BrNO2. The molecule has 0 aliphatic heterocycles. The first kappa shape index (κ1) is 17.2. The molecule has 0 aliphatic carbocycles. The molecule has 0 aliphatic rings. The summed E-state index contributed by atoms with van der Waals surface area (Å²) in [5.41, 5.74) is 2.65. The van der Waals surface area contributed by atoms with Gasteiger partial charge in [0.05, 0.1) is 13.2 Å². The zero-order valence-electron chi connectivity index (χ0n) is 13.8. The van der Waals surface area contributed by atoms with Crippen LogP contribution in [-0.4, -0.2) is 13.0 Å². The van der Waals surface area contributed by atoms with Crippen LogP contribution in [0.25, 0.3) is 0 Å². The van der Waals surface area contributed by atoms with Crippen molar-refractivity contribution in [2.24, 2.45) is 0 Å². The van der Waals surface area contributed by atoms with Crippen LogP contribution in [0.2, 0.25) is 0 Å². The molecule has 0 unspecified atom stereocenters. The highest BCUT2D eigenvalue weighted by atomic mass is 79.9. The van der Waals surface area contributed by atoms with Gasteiger partial charge in [0.2, 0.25) is 0 Å². The fourth-order valence-corrected chi connectivity index (χ4v) is 2.88. The third-order valence-corrected chi connectivity index (χ3v) is 4.49. The van der Waals surface area contributed by atoms with Crippen LogP contribution in [0.4, 0.5) is 0 Å². The first-order valence-electron chi connectivity index (χ1n) is 7.92. The molecule has 3 aromatic carbocycles. The molecule has 0 bridgehead atoms. The van der Waals surface area contributed by atoms with E-state index in [9.17, 15) is 4.79 Å². The first-order chi connectivity index (χ1) is 12.2. The van der Waals surface area contributed by atoms with Crippen LogP contribution in [-0.2, 0) is 0 Å². The summed E-state index contributed by atoms with van der Waals surface area (Å²) in [7, 11) is 1.64. The number of carbonyl (C=O) groups excluding carboxylic acids is 1. The number of halogens is 1. The van der Waals surface area contributed by atoms with Gasteiger partial charge in [-0.1, -0.05) is 58.4 Å². The van der Waals surface area contributed by atoms with Gasteiger partial charge in [0.1, 0.15) is 5.75 Å². The Morgan fingerprint density at radius 1 is 0.880 bits per heavy atom. The maximum atomic E-state index is 12.7. The van der Waals surface area contributed by atoms with Crippen LogP contribution < -0.4 is 10.1 Å². The largest absolute Gasteiger partial charge is 0.497 e. The smallest absolute Gasteiger partial charge is 0.252 e. The minimum absolute atomic E-state index is 0.114. The van der Waals surface area contributed by atoms with Gasteiger partial charge in [0.15, 0.2) is 0 Å². The molecule has 0 spiro atoms. The molecule has 0 heterocycles. The lowest BCUT2D eigenvalue weighted by Gasteiger charge is -2.20. The summed E-state index contributed by atoms with van der Waals surface area (Å²) in [4.78, 5) is 12.7. The number of hydrogen-bond donors (Lipinski definition) is 1. The number of rotatable bonds is 5. The van der Waals surface area contributed by atoms with E-state index in [0.29, 0.717) is 5.56 Å². The summed E-state index contributed by atoms with van der Waals surface area (Å²) in [6.45, 7) is 0. The fraction of sp³-hybridized carbons (Fsp3) is 0.0952. The SMILES string of the molecule is COc1ccc([C@@H](NC(=O)c2ccc(Br)cc2)c2ccccc2)cc1. The van der Waals surface area contributed by atoms with Gasteiger partial charge in [0, 0.05) is 10.0 Å². The van der Waals surface area contributed by atoms with E-state index in [0.717, 1.165) is 21.3 Å². The molecule has 1 atom stereocenters. The van der Waals surface area contributed by atoms with Crippen molar-refractivity contribution < 1.29 is 9.53 Å². The second-order valence-electron chi connectivity index (χ2n) is 5.60. The standard InChI is InChI=1S/C21H18BrNO2/c1-25-19-13-9-16(10-14-19)20(15-5-3-2-4-6-15)23-21(24)17-7-11-18(22)12-8-17/h2-14,20H,1H3,(H,23,24)/t20-/m0/s1. The summed E-state index contributed by atoms with van der Waals surface area (Å²) in [6.07, 6.45) is 0. The lowest BCUT2D eigenvalue weighted by Crippen LogP contribution is -2.29. The lowest BCUT2D eigenvalue weighted by molar-refractivity contribution is 0.0943. The molecule has 0 aromatic heterocycles. The highest BCUT2D eigenvalue weighted by Crippen LogP contribution is 2.24. The molecule has 25 heavy (non-hydrogen) atoms. The molecule has 0 radical (unpaired) electrons. The monoisotopic (exact) mass is 395 g/mol. The Bertz CT molecular complexity index is 830. The van der Waals surface area contributed by atoms with E-state index in [4.69, 9.17) is 4.74 Å². The van der Waals surface area contributed by atoms with E-state index in [1.54, 1.807) is 19.2 Å². The Labute approximate surface area is 155 Å². The first-order valence-corrected chi connectivity index (χ1v) is 8.72. The van der Waals surface area contributed by atoms with Crippen LogP contribution in [0.15, 0.2) is 83.3 Å². The van der Waals surface area contributed by atoms with E-state index in [2.05, 4.69) is 21.2 Å². The van der Waals surface area contributed by atoms with Gasteiger partial charge in [0.25, 0.3) is 5.91 Å². The normalized spacial score (nSPS) is 11.6. The van der Waals surface area contributed by atoms with Gasteiger partial charge in [-0.3, -0.25) is 4.79 Å². The minimum atomic E-state index is -0.233. The van der Waals surface area contributed by atoms with Gasteiger partial charge < -0.3 is 10.1 Å².